The molecule has 0 radical (unpaired) electrons. The van der Waals surface area contributed by atoms with Crippen molar-refractivity contribution in [3.05, 3.63) is 65.7 Å². The van der Waals surface area contributed by atoms with Crippen LogP contribution in [0.3, 0.4) is 0 Å². The van der Waals surface area contributed by atoms with Gasteiger partial charge in [-0.25, -0.2) is 0 Å². The van der Waals surface area contributed by atoms with Gasteiger partial charge in [-0.15, -0.1) is 0 Å². The highest BCUT2D eigenvalue weighted by atomic mass is 16.1. The van der Waals surface area contributed by atoms with Gasteiger partial charge in [0.1, 0.15) is 0 Å². The van der Waals surface area contributed by atoms with Gasteiger partial charge in [0.2, 0.25) is 0 Å². The fourth-order valence-electron chi connectivity index (χ4n) is 1.61. The van der Waals surface area contributed by atoms with Crippen LogP contribution in [0.1, 0.15) is 15.9 Å². The second-order valence-corrected chi connectivity index (χ2v) is 3.91. The normalized spacial score (nSPS) is 10.7. The van der Waals surface area contributed by atoms with E-state index in [4.69, 9.17) is 11.5 Å². The van der Waals surface area contributed by atoms with E-state index in [0.717, 1.165) is 5.56 Å². The predicted octanol–water partition coefficient (Wildman–Crippen LogP) is 2.75. The Kier molecular flexibility index (Phi) is 3.44. The van der Waals surface area contributed by atoms with Gasteiger partial charge in [0.25, 0.3) is 0 Å². The summed E-state index contributed by atoms with van der Waals surface area (Å²) in [7, 11) is 0. The van der Waals surface area contributed by atoms with E-state index in [1.54, 1.807) is 30.3 Å². The van der Waals surface area contributed by atoms with E-state index in [1.807, 2.05) is 24.3 Å². The number of carbonyl (C=O) groups is 1. The number of allylic oxidation sites excluding steroid dienone is 1. The molecule has 0 aromatic heterocycles. The summed E-state index contributed by atoms with van der Waals surface area (Å²) in [6.45, 7) is 0. The third-order valence-electron chi connectivity index (χ3n) is 2.65. The molecular formula is C15H14N2O. The van der Waals surface area contributed by atoms with Crippen molar-refractivity contribution >= 4 is 23.2 Å². The number of anilines is 2. The quantitative estimate of drug-likeness (QED) is 0.490. The number of nitrogens with two attached hydrogens (primary N) is 2. The Morgan fingerprint density at radius 3 is 2.39 bits per heavy atom. The Labute approximate surface area is 106 Å². The van der Waals surface area contributed by atoms with Crippen LogP contribution in [0, 0.1) is 0 Å². The Morgan fingerprint density at radius 1 is 0.944 bits per heavy atom. The second kappa shape index (κ2) is 5.19. The fraction of sp³-hybridized carbons (Fsp3) is 0. The average molecular weight is 238 g/mol. The molecular weight excluding hydrogens is 224 g/mol. The van der Waals surface area contributed by atoms with Crippen LogP contribution in [0.2, 0.25) is 0 Å². The van der Waals surface area contributed by atoms with Crippen molar-refractivity contribution in [2.24, 2.45) is 0 Å². The van der Waals surface area contributed by atoms with E-state index in [1.165, 1.54) is 6.08 Å². The molecule has 18 heavy (non-hydrogen) atoms. The lowest BCUT2D eigenvalue weighted by Gasteiger charge is -2.03. The highest BCUT2D eigenvalue weighted by Gasteiger charge is 2.02. The average Bonchev–Trinajstić information content (AvgIpc) is 2.41. The van der Waals surface area contributed by atoms with Crippen LogP contribution in [-0.2, 0) is 0 Å². The van der Waals surface area contributed by atoms with E-state index in [-0.39, 0.29) is 5.78 Å². The largest absolute Gasteiger partial charge is 0.397 e. The maximum Gasteiger partial charge on any atom is 0.185 e. The van der Waals surface area contributed by atoms with Gasteiger partial charge in [-0.1, -0.05) is 42.5 Å². The molecule has 0 heterocycles. The van der Waals surface area contributed by atoms with Crippen LogP contribution in [0.5, 0.6) is 0 Å². The Morgan fingerprint density at radius 2 is 1.67 bits per heavy atom. The SMILES string of the molecule is Nc1cccc(C=CC(=O)c2ccccc2)c1N. The molecule has 4 N–H and O–H groups in total. The van der Waals surface area contributed by atoms with Crippen molar-refractivity contribution in [3.8, 4) is 0 Å². The number of hydrogen-bond donors (Lipinski definition) is 2. The third kappa shape index (κ3) is 2.58. The molecule has 0 aliphatic rings. The van der Waals surface area contributed by atoms with Gasteiger partial charge in [-0.05, 0) is 23.8 Å². The maximum absolute atomic E-state index is 11.9. The second-order valence-electron chi connectivity index (χ2n) is 3.91. The van der Waals surface area contributed by atoms with Crippen molar-refractivity contribution in [2.45, 2.75) is 0 Å². The zero-order valence-corrected chi connectivity index (χ0v) is 9.84. The van der Waals surface area contributed by atoms with E-state index >= 15 is 0 Å². The van der Waals surface area contributed by atoms with E-state index < -0.39 is 0 Å². The molecule has 0 saturated heterocycles. The Hall–Kier alpha value is -2.55. The molecule has 0 aliphatic carbocycles. The Bertz CT molecular complexity index is 589. The smallest absolute Gasteiger partial charge is 0.185 e. The van der Waals surface area contributed by atoms with Crippen molar-refractivity contribution in [1.29, 1.82) is 0 Å². The topological polar surface area (TPSA) is 69.1 Å². The molecule has 3 nitrogen and oxygen atoms in total. The molecule has 0 saturated carbocycles. The minimum Gasteiger partial charge on any atom is -0.397 e. The molecule has 90 valence electrons. The number of para-hydroxylation sites is 1. The molecule has 0 aliphatic heterocycles. The van der Waals surface area contributed by atoms with Crippen molar-refractivity contribution in [2.75, 3.05) is 11.5 Å². The van der Waals surface area contributed by atoms with Gasteiger partial charge in [0, 0.05) is 5.56 Å². The van der Waals surface area contributed by atoms with Crippen LogP contribution in [0.25, 0.3) is 6.08 Å². The number of rotatable bonds is 3. The fourth-order valence-corrected chi connectivity index (χ4v) is 1.61. The first-order valence-electron chi connectivity index (χ1n) is 5.60. The van der Waals surface area contributed by atoms with Gasteiger partial charge in [-0.2, -0.15) is 0 Å². The van der Waals surface area contributed by atoms with E-state index in [9.17, 15) is 4.79 Å². The molecule has 0 bridgehead atoms. The number of benzene rings is 2. The van der Waals surface area contributed by atoms with Crippen LogP contribution >= 0.6 is 0 Å². The molecule has 0 fully saturated rings. The highest BCUT2D eigenvalue weighted by molar-refractivity contribution is 6.07. The molecule has 0 unspecified atom stereocenters. The standard InChI is InChI=1S/C15H14N2O/c16-13-8-4-7-12(15(13)17)9-10-14(18)11-5-2-1-3-6-11/h1-10H,16-17H2. The first-order valence-corrected chi connectivity index (χ1v) is 5.60. The van der Waals surface area contributed by atoms with Crippen molar-refractivity contribution in [1.82, 2.24) is 0 Å². The van der Waals surface area contributed by atoms with Crippen LogP contribution in [0.15, 0.2) is 54.6 Å². The molecule has 2 aromatic carbocycles. The molecule has 2 rings (SSSR count). The van der Waals surface area contributed by atoms with Crippen molar-refractivity contribution in [3.63, 3.8) is 0 Å². The van der Waals surface area contributed by atoms with Crippen molar-refractivity contribution < 1.29 is 4.79 Å². The summed E-state index contributed by atoms with van der Waals surface area (Å²) in [6.07, 6.45) is 3.18. The van der Waals surface area contributed by atoms with Gasteiger partial charge in [0.05, 0.1) is 11.4 Å². The summed E-state index contributed by atoms with van der Waals surface area (Å²) in [5.41, 5.74) is 13.9. The molecule has 0 spiro atoms. The highest BCUT2D eigenvalue weighted by Crippen LogP contribution is 2.20. The van der Waals surface area contributed by atoms with Gasteiger partial charge in [0.15, 0.2) is 5.78 Å². The number of carbonyl (C=O) groups excluding carboxylic acids is 1. The monoisotopic (exact) mass is 238 g/mol. The number of nitrogen functional groups attached to an aromatic ring is 2. The van der Waals surface area contributed by atoms with Crippen LogP contribution in [0.4, 0.5) is 11.4 Å². The first kappa shape index (κ1) is 11.9. The summed E-state index contributed by atoms with van der Waals surface area (Å²) < 4.78 is 0. The predicted molar refractivity (Wildman–Crippen MR) is 75.1 cm³/mol. The summed E-state index contributed by atoms with van der Waals surface area (Å²) in [5, 5.41) is 0. The van der Waals surface area contributed by atoms with E-state index in [0.29, 0.717) is 16.9 Å². The van der Waals surface area contributed by atoms with Crippen LogP contribution in [-0.4, -0.2) is 5.78 Å². The molecule has 0 atom stereocenters. The van der Waals surface area contributed by atoms with Gasteiger partial charge in [-0.3, -0.25) is 4.79 Å². The van der Waals surface area contributed by atoms with Crippen LogP contribution < -0.4 is 11.5 Å². The molecule has 3 heteroatoms. The third-order valence-corrected chi connectivity index (χ3v) is 2.65. The number of ketones is 1. The lowest BCUT2D eigenvalue weighted by Crippen LogP contribution is -1.97. The van der Waals surface area contributed by atoms with Gasteiger partial charge < -0.3 is 11.5 Å². The summed E-state index contributed by atoms with van der Waals surface area (Å²) in [4.78, 5) is 11.9. The molecule has 0 amide bonds. The molecule has 2 aromatic rings. The van der Waals surface area contributed by atoms with Gasteiger partial charge >= 0.3 is 0 Å². The van der Waals surface area contributed by atoms with E-state index in [2.05, 4.69) is 0 Å². The summed E-state index contributed by atoms with van der Waals surface area (Å²) >= 11 is 0. The lowest BCUT2D eigenvalue weighted by atomic mass is 10.1. The Balaban J connectivity index is 2.22. The zero-order valence-electron chi connectivity index (χ0n) is 9.84. The first-order chi connectivity index (χ1) is 8.68. The maximum atomic E-state index is 11.9. The zero-order chi connectivity index (χ0) is 13.0. The minimum atomic E-state index is -0.0579. The summed E-state index contributed by atoms with van der Waals surface area (Å²) in [5.74, 6) is -0.0579. The minimum absolute atomic E-state index is 0.0579. The summed E-state index contributed by atoms with van der Waals surface area (Å²) in [6, 6.07) is 14.4. The lowest BCUT2D eigenvalue weighted by molar-refractivity contribution is 0.104. The number of hydrogen-bond acceptors (Lipinski definition) is 3.